The Labute approximate surface area is 126 Å². The fourth-order valence-electron chi connectivity index (χ4n) is 2.18. The Bertz CT molecular complexity index is 401. The van der Waals surface area contributed by atoms with Gasteiger partial charge in [0.25, 0.3) is 0 Å². The molecular formula is C17H27BrO. The van der Waals surface area contributed by atoms with Crippen LogP contribution in [-0.2, 0) is 16.2 Å². The molecule has 2 heteroatoms. The lowest BCUT2D eigenvalue weighted by Gasteiger charge is -2.30. The minimum absolute atomic E-state index is 0.0860. The third-order valence-corrected chi connectivity index (χ3v) is 3.86. The average Bonchev–Trinajstić information content (AvgIpc) is 2.26. The van der Waals surface area contributed by atoms with E-state index in [1.54, 1.807) is 0 Å². The standard InChI is InChI=1S/C17H27BrO/c1-8-19-15-13(16(2,3)4)9-12(11-18)10-14(15)17(5,6)7/h9-10H,8,11H2,1-7H3. The molecule has 0 fully saturated rings. The van der Waals surface area contributed by atoms with Crippen LogP contribution in [0.4, 0.5) is 0 Å². The second-order valence-corrected chi connectivity index (χ2v) is 7.65. The van der Waals surface area contributed by atoms with Gasteiger partial charge in [-0.2, -0.15) is 0 Å². The number of benzene rings is 1. The van der Waals surface area contributed by atoms with Crippen LogP contribution in [0.3, 0.4) is 0 Å². The minimum Gasteiger partial charge on any atom is -0.493 e. The predicted molar refractivity (Wildman–Crippen MR) is 87.6 cm³/mol. The van der Waals surface area contributed by atoms with E-state index in [4.69, 9.17) is 4.74 Å². The molecule has 0 atom stereocenters. The molecule has 0 bridgehead atoms. The van der Waals surface area contributed by atoms with Gasteiger partial charge in [0, 0.05) is 16.5 Å². The van der Waals surface area contributed by atoms with Gasteiger partial charge in [0.15, 0.2) is 0 Å². The first-order chi connectivity index (χ1) is 8.61. The summed E-state index contributed by atoms with van der Waals surface area (Å²) in [5, 5.41) is 0.881. The van der Waals surface area contributed by atoms with E-state index < -0.39 is 0 Å². The maximum Gasteiger partial charge on any atom is 0.126 e. The highest BCUT2D eigenvalue weighted by Gasteiger charge is 2.27. The van der Waals surface area contributed by atoms with Gasteiger partial charge in [-0.3, -0.25) is 0 Å². The fraction of sp³-hybridized carbons (Fsp3) is 0.647. The first-order valence-corrected chi connectivity index (χ1v) is 8.10. The zero-order valence-electron chi connectivity index (χ0n) is 13.4. The largest absolute Gasteiger partial charge is 0.493 e. The van der Waals surface area contributed by atoms with Crippen LogP contribution in [0, 0.1) is 0 Å². The normalized spacial score (nSPS) is 12.6. The molecule has 0 amide bonds. The first kappa shape index (κ1) is 16.6. The van der Waals surface area contributed by atoms with Crippen LogP contribution in [0.1, 0.15) is 65.2 Å². The van der Waals surface area contributed by atoms with Gasteiger partial charge in [-0.1, -0.05) is 69.6 Å². The zero-order chi connectivity index (χ0) is 14.8. The van der Waals surface area contributed by atoms with Crippen molar-refractivity contribution in [1.82, 2.24) is 0 Å². The van der Waals surface area contributed by atoms with Crippen LogP contribution < -0.4 is 4.74 Å². The van der Waals surface area contributed by atoms with E-state index in [1.165, 1.54) is 16.7 Å². The molecule has 0 radical (unpaired) electrons. The van der Waals surface area contributed by atoms with Crippen molar-refractivity contribution in [1.29, 1.82) is 0 Å². The molecule has 0 N–H and O–H groups in total. The summed E-state index contributed by atoms with van der Waals surface area (Å²) in [5.74, 6) is 1.08. The molecule has 0 aliphatic carbocycles. The lowest BCUT2D eigenvalue weighted by molar-refractivity contribution is 0.319. The van der Waals surface area contributed by atoms with E-state index >= 15 is 0 Å². The highest BCUT2D eigenvalue weighted by Crippen LogP contribution is 2.41. The molecular weight excluding hydrogens is 300 g/mol. The van der Waals surface area contributed by atoms with Crippen LogP contribution in [0.2, 0.25) is 0 Å². The molecule has 1 nitrogen and oxygen atoms in total. The van der Waals surface area contributed by atoms with Gasteiger partial charge in [0.1, 0.15) is 5.75 Å². The topological polar surface area (TPSA) is 9.23 Å². The molecule has 0 aromatic heterocycles. The molecule has 1 aromatic carbocycles. The maximum absolute atomic E-state index is 6.01. The Hall–Kier alpha value is -0.500. The molecule has 0 spiro atoms. The van der Waals surface area contributed by atoms with Gasteiger partial charge < -0.3 is 4.74 Å². The van der Waals surface area contributed by atoms with E-state index in [9.17, 15) is 0 Å². The summed E-state index contributed by atoms with van der Waals surface area (Å²) in [7, 11) is 0. The highest BCUT2D eigenvalue weighted by molar-refractivity contribution is 9.08. The smallest absolute Gasteiger partial charge is 0.126 e. The quantitative estimate of drug-likeness (QED) is 0.659. The zero-order valence-corrected chi connectivity index (χ0v) is 14.9. The van der Waals surface area contributed by atoms with Crippen LogP contribution in [0.15, 0.2) is 12.1 Å². The van der Waals surface area contributed by atoms with Gasteiger partial charge in [-0.05, 0) is 23.3 Å². The number of halogens is 1. The molecule has 0 aliphatic rings. The van der Waals surface area contributed by atoms with Crippen molar-refractivity contribution in [3.63, 3.8) is 0 Å². The number of hydrogen-bond donors (Lipinski definition) is 0. The minimum atomic E-state index is 0.0860. The average molecular weight is 327 g/mol. The molecule has 19 heavy (non-hydrogen) atoms. The third kappa shape index (κ3) is 3.98. The monoisotopic (exact) mass is 326 g/mol. The van der Waals surface area contributed by atoms with E-state index in [0.717, 1.165) is 11.1 Å². The number of ether oxygens (including phenoxy) is 1. The van der Waals surface area contributed by atoms with Gasteiger partial charge in [-0.15, -0.1) is 0 Å². The Balaban J connectivity index is 3.60. The fourth-order valence-corrected chi connectivity index (χ4v) is 2.50. The molecule has 108 valence electrons. The molecule has 1 rings (SSSR count). The van der Waals surface area contributed by atoms with Crippen LogP contribution >= 0.6 is 15.9 Å². The predicted octanol–water partition coefficient (Wildman–Crippen LogP) is 5.58. The Kier molecular flexibility index (Phi) is 5.11. The summed E-state index contributed by atoms with van der Waals surface area (Å²) < 4.78 is 6.01. The van der Waals surface area contributed by atoms with Crippen molar-refractivity contribution < 1.29 is 4.74 Å². The van der Waals surface area contributed by atoms with Crippen molar-refractivity contribution in [3.8, 4) is 5.75 Å². The van der Waals surface area contributed by atoms with E-state index in [1.807, 2.05) is 0 Å². The Morgan fingerprint density at radius 1 is 0.947 bits per heavy atom. The molecule has 0 aliphatic heterocycles. The first-order valence-electron chi connectivity index (χ1n) is 6.98. The van der Waals surface area contributed by atoms with Crippen molar-refractivity contribution in [2.75, 3.05) is 6.61 Å². The highest BCUT2D eigenvalue weighted by atomic mass is 79.9. The van der Waals surface area contributed by atoms with Crippen LogP contribution in [-0.4, -0.2) is 6.61 Å². The van der Waals surface area contributed by atoms with Crippen LogP contribution in [0.5, 0.6) is 5.75 Å². The molecule has 0 heterocycles. The van der Waals surface area contributed by atoms with Crippen molar-refractivity contribution in [3.05, 3.63) is 28.8 Å². The lowest BCUT2D eigenvalue weighted by atomic mass is 9.78. The Morgan fingerprint density at radius 3 is 1.63 bits per heavy atom. The van der Waals surface area contributed by atoms with Gasteiger partial charge in [-0.25, -0.2) is 0 Å². The summed E-state index contributed by atoms with van der Waals surface area (Å²) >= 11 is 3.58. The lowest BCUT2D eigenvalue weighted by Crippen LogP contribution is -2.20. The van der Waals surface area contributed by atoms with E-state index in [-0.39, 0.29) is 10.8 Å². The number of alkyl halides is 1. The molecule has 0 saturated heterocycles. The second kappa shape index (κ2) is 5.87. The van der Waals surface area contributed by atoms with Crippen molar-refractivity contribution in [2.24, 2.45) is 0 Å². The van der Waals surface area contributed by atoms with Crippen molar-refractivity contribution >= 4 is 15.9 Å². The van der Waals surface area contributed by atoms with Gasteiger partial charge >= 0.3 is 0 Å². The molecule has 1 aromatic rings. The Morgan fingerprint density at radius 2 is 1.37 bits per heavy atom. The molecule has 0 saturated carbocycles. The summed E-state index contributed by atoms with van der Waals surface area (Å²) in [6.45, 7) is 16.2. The summed E-state index contributed by atoms with van der Waals surface area (Å²) in [4.78, 5) is 0. The molecule has 0 unspecified atom stereocenters. The number of hydrogen-bond acceptors (Lipinski definition) is 1. The maximum atomic E-state index is 6.01. The SMILES string of the molecule is CCOc1c(C(C)(C)C)cc(CBr)cc1C(C)(C)C. The van der Waals surface area contributed by atoms with Gasteiger partial charge in [0.05, 0.1) is 6.61 Å². The summed E-state index contributed by atoms with van der Waals surface area (Å²) in [6, 6.07) is 4.55. The summed E-state index contributed by atoms with van der Waals surface area (Å²) in [6.07, 6.45) is 0. The van der Waals surface area contributed by atoms with E-state index in [2.05, 4.69) is 76.5 Å². The van der Waals surface area contributed by atoms with Crippen molar-refractivity contribution in [2.45, 2.75) is 64.6 Å². The van der Waals surface area contributed by atoms with Crippen LogP contribution in [0.25, 0.3) is 0 Å². The third-order valence-electron chi connectivity index (χ3n) is 3.21. The second-order valence-electron chi connectivity index (χ2n) is 7.09. The summed E-state index contributed by atoms with van der Waals surface area (Å²) in [5.41, 5.74) is 4.09. The van der Waals surface area contributed by atoms with E-state index in [0.29, 0.717) is 6.61 Å². The van der Waals surface area contributed by atoms with Gasteiger partial charge in [0.2, 0.25) is 0 Å². The number of rotatable bonds is 3.